The van der Waals surface area contributed by atoms with E-state index in [0.717, 1.165) is 17.7 Å². The van der Waals surface area contributed by atoms with Gasteiger partial charge in [0.25, 0.3) is 0 Å². The maximum atomic E-state index is 12.1. The fourth-order valence-electron chi connectivity index (χ4n) is 3.20. The summed E-state index contributed by atoms with van der Waals surface area (Å²) in [4.78, 5) is 14.6. The number of carbonyl (C=O) groups is 1. The molecule has 1 amide bonds. The minimum absolute atomic E-state index is 0.0214. The molecule has 2 aromatic rings. The van der Waals surface area contributed by atoms with Crippen molar-refractivity contribution in [3.8, 4) is 0 Å². The number of hydrogen-bond acceptors (Lipinski definition) is 3. The summed E-state index contributed by atoms with van der Waals surface area (Å²) in [6.07, 6.45) is 2.60. The van der Waals surface area contributed by atoms with Gasteiger partial charge in [-0.1, -0.05) is 53.5 Å². The Hall–Kier alpha value is -1.20. The van der Waals surface area contributed by atoms with Gasteiger partial charge in [0.2, 0.25) is 5.91 Å². The Balaban J connectivity index is 1.42. The maximum Gasteiger partial charge on any atom is 0.230 e. The van der Waals surface area contributed by atoms with Crippen LogP contribution in [-0.2, 0) is 23.6 Å². The predicted octanol–water partition coefficient (Wildman–Crippen LogP) is 5.14. The topological polar surface area (TPSA) is 32.3 Å². The quantitative estimate of drug-likeness (QED) is 0.638. The third-order valence-electron chi connectivity index (χ3n) is 4.63. The highest BCUT2D eigenvalue weighted by Crippen LogP contribution is 2.28. The van der Waals surface area contributed by atoms with Gasteiger partial charge >= 0.3 is 0 Å². The number of rotatable bonds is 8. The van der Waals surface area contributed by atoms with Crippen molar-refractivity contribution in [3.63, 3.8) is 0 Å². The van der Waals surface area contributed by atoms with E-state index in [-0.39, 0.29) is 5.91 Å². The number of carbonyl (C=O) groups excluding carboxylic acids is 1. The molecule has 6 heteroatoms. The average Bonchev–Trinajstić information content (AvgIpc) is 3.16. The molecule has 1 heterocycles. The van der Waals surface area contributed by atoms with Crippen LogP contribution in [-0.4, -0.2) is 29.6 Å². The fourth-order valence-corrected chi connectivity index (χ4v) is 4.80. The van der Waals surface area contributed by atoms with Gasteiger partial charge in [-0.25, -0.2) is 0 Å². The summed E-state index contributed by atoms with van der Waals surface area (Å²) < 4.78 is 0. The molecule has 0 unspecified atom stereocenters. The van der Waals surface area contributed by atoms with Gasteiger partial charge in [-0.05, 0) is 54.8 Å². The minimum atomic E-state index is 0.0214. The molecule has 0 bridgehead atoms. The molecule has 2 aromatic carbocycles. The second-order valence-electron chi connectivity index (χ2n) is 6.77. The van der Waals surface area contributed by atoms with Crippen LogP contribution in [0.3, 0.4) is 0 Å². The second-order valence-corrected chi connectivity index (χ2v) is 8.57. The normalized spacial score (nSPS) is 14.4. The molecule has 0 spiro atoms. The standard InChI is InChI=1S/C21H24Cl2N2OS/c22-19-7-4-8-20(23)18(19)14-27-15-21(26)24-12-16-5-3-6-17(11-16)13-25-9-1-2-10-25/h3-8,11H,1-2,9-10,12-15H2,(H,24,26). The molecular formula is C21H24Cl2N2OS. The molecule has 1 saturated heterocycles. The van der Waals surface area contributed by atoms with E-state index in [9.17, 15) is 4.79 Å². The zero-order valence-corrected chi connectivity index (χ0v) is 17.5. The molecule has 1 N–H and O–H groups in total. The molecule has 144 valence electrons. The molecular weight excluding hydrogens is 399 g/mol. The number of amides is 1. The Morgan fingerprint density at radius 2 is 1.70 bits per heavy atom. The average molecular weight is 423 g/mol. The van der Waals surface area contributed by atoms with Crippen molar-refractivity contribution in [3.05, 3.63) is 69.2 Å². The van der Waals surface area contributed by atoms with Gasteiger partial charge in [-0.2, -0.15) is 0 Å². The predicted molar refractivity (Wildman–Crippen MR) is 115 cm³/mol. The molecule has 1 aliphatic rings. The van der Waals surface area contributed by atoms with Crippen LogP contribution < -0.4 is 5.32 Å². The van der Waals surface area contributed by atoms with E-state index in [4.69, 9.17) is 23.2 Å². The molecule has 0 atom stereocenters. The van der Waals surface area contributed by atoms with E-state index in [2.05, 4.69) is 34.5 Å². The first-order valence-corrected chi connectivity index (χ1v) is 11.1. The lowest BCUT2D eigenvalue weighted by Gasteiger charge is -2.15. The van der Waals surface area contributed by atoms with Crippen molar-refractivity contribution in [1.82, 2.24) is 10.2 Å². The lowest BCUT2D eigenvalue weighted by molar-refractivity contribution is -0.118. The summed E-state index contributed by atoms with van der Waals surface area (Å²) >= 11 is 13.8. The molecule has 0 saturated carbocycles. The Morgan fingerprint density at radius 1 is 1.04 bits per heavy atom. The number of thioether (sulfide) groups is 1. The Labute approximate surface area is 175 Å². The monoisotopic (exact) mass is 422 g/mol. The Morgan fingerprint density at radius 3 is 2.44 bits per heavy atom. The molecule has 0 radical (unpaired) electrons. The summed E-state index contributed by atoms with van der Waals surface area (Å²) in [5.41, 5.74) is 3.33. The number of halogens is 2. The summed E-state index contributed by atoms with van der Waals surface area (Å²) in [5.74, 6) is 1.03. The van der Waals surface area contributed by atoms with Gasteiger partial charge in [0.05, 0.1) is 5.75 Å². The van der Waals surface area contributed by atoms with Crippen LogP contribution >= 0.6 is 35.0 Å². The molecule has 3 nitrogen and oxygen atoms in total. The smallest absolute Gasteiger partial charge is 0.230 e. The number of benzene rings is 2. The first-order valence-electron chi connectivity index (χ1n) is 9.19. The van der Waals surface area contributed by atoms with Crippen LogP contribution in [0.1, 0.15) is 29.5 Å². The third-order valence-corrected chi connectivity index (χ3v) is 6.29. The van der Waals surface area contributed by atoms with Crippen molar-refractivity contribution in [2.45, 2.75) is 31.7 Å². The number of hydrogen-bond donors (Lipinski definition) is 1. The van der Waals surface area contributed by atoms with E-state index < -0.39 is 0 Å². The van der Waals surface area contributed by atoms with E-state index in [0.29, 0.717) is 28.1 Å². The van der Waals surface area contributed by atoms with Crippen molar-refractivity contribution in [2.24, 2.45) is 0 Å². The van der Waals surface area contributed by atoms with Crippen molar-refractivity contribution in [2.75, 3.05) is 18.8 Å². The Kier molecular flexibility index (Phi) is 7.89. The van der Waals surface area contributed by atoms with Crippen molar-refractivity contribution < 1.29 is 4.79 Å². The summed E-state index contributed by atoms with van der Waals surface area (Å²) in [5, 5.41) is 4.28. The highest BCUT2D eigenvalue weighted by molar-refractivity contribution is 7.99. The lowest BCUT2D eigenvalue weighted by atomic mass is 10.1. The van der Waals surface area contributed by atoms with Crippen LogP contribution in [0.5, 0.6) is 0 Å². The first-order chi connectivity index (χ1) is 13.1. The SMILES string of the molecule is O=C(CSCc1c(Cl)cccc1Cl)NCc1cccc(CN2CCCC2)c1. The second kappa shape index (κ2) is 10.4. The molecule has 3 rings (SSSR count). The van der Waals surface area contributed by atoms with Crippen LogP contribution in [0.25, 0.3) is 0 Å². The van der Waals surface area contributed by atoms with Gasteiger partial charge in [0, 0.05) is 28.9 Å². The first kappa shape index (κ1) is 20.5. The van der Waals surface area contributed by atoms with E-state index in [1.807, 2.05) is 18.2 Å². The molecule has 1 fully saturated rings. The molecule has 0 aromatic heterocycles. The van der Waals surface area contributed by atoms with Gasteiger partial charge in [0.1, 0.15) is 0 Å². The third kappa shape index (κ3) is 6.42. The highest BCUT2D eigenvalue weighted by Gasteiger charge is 2.12. The number of nitrogens with one attached hydrogen (secondary N) is 1. The summed E-state index contributed by atoms with van der Waals surface area (Å²) in [7, 11) is 0. The van der Waals surface area contributed by atoms with Crippen LogP contribution in [0.4, 0.5) is 0 Å². The Bertz CT molecular complexity index is 758. The van der Waals surface area contributed by atoms with Gasteiger partial charge in [-0.3, -0.25) is 9.69 Å². The molecule has 27 heavy (non-hydrogen) atoms. The lowest BCUT2D eigenvalue weighted by Crippen LogP contribution is -2.25. The van der Waals surface area contributed by atoms with Crippen LogP contribution in [0.2, 0.25) is 10.0 Å². The summed E-state index contributed by atoms with van der Waals surface area (Å²) in [6, 6.07) is 13.9. The zero-order valence-electron chi connectivity index (χ0n) is 15.2. The molecule has 0 aliphatic carbocycles. The van der Waals surface area contributed by atoms with Crippen LogP contribution in [0.15, 0.2) is 42.5 Å². The zero-order chi connectivity index (χ0) is 19.1. The van der Waals surface area contributed by atoms with Gasteiger partial charge < -0.3 is 5.32 Å². The number of nitrogens with zero attached hydrogens (tertiary/aromatic N) is 1. The summed E-state index contributed by atoms with van der Waals surface area (Å²) in [6.45, 7) is 3.93. The van der Waals surface area contributed by atoms with Gasteiger partial charge in [0.15, 0.2) is 0 Å². The number of likely N-dealkylation sites (tertiary alicyclic amines) is 1. The van der Waals surface area contributed by atoms with Crippen molar-refractivity contribution in [1.29, 1.82) is 0 Å². The van der Waals surface area contributed by atoms with E-state index in [1.54, 1.807) is 0 Å². The van der Waals surface area contributed by atoms with Crippen LogP contribution in [0, 0.1) is 0 Å². The van der Waals surface area contributed by atoms with Gasteiger partial charge in [-0.15, -0.1) is 11.8 Å². The van der Waals surface area contributed by atoms with E-state index in [1.165, 1.54) is 43.3 Å². The van der Waals surface area contributed by atoms with Crippen molar-refractivity contribution >= 4 is 40.9 Å². The largest absolute Gasteiger partial charge is 0.351 e. The maximum absolute atomic E-state index is 12.1. The molecule has 1 aliphatic heterocycles. The highest BCUT2D eigenvalue weighted by atomic mass is 35.5. The minimum Gasteiger partial charge on any atom is -0.351 e. The fraction of sp³-hybridized carbons (Fsp3) is 0.381. The van der Waals surface area contributed by atoms with E-state index >= 15 is 0 Å².